The van der Waals surface area contributed by atoms with Crippen LogP contribution in [0.5, 0.6) is 0 Å². The summed E-state index contributed by atoms with van der Waals surface area (Å²) in [5.41, 5.74) is 2.56. The van der Waals surface area contributed by atoms with Crippen LogP contribution in [0.25, 0.3) is 11.1 Å². The molecule has 2 amide bonds. The number of hydrogen-bond acceptors (Lipinski definition) is 3. The molecule has 0 bridgehead atoms. The molecule has 3 N–H and O–H groups in total. The lowest BCUT2D eigenvalue weighted by atomic mass is 10.00. The van der Waals surface area contributed by atoms with Gasteiger partial charge in [0.2, 0.25) is 0 Å². The molecule has 0 fully saturated rings. The van der Waals surface area contributed by atoms with Gasteiger partial charge in [-0.15, -0.1) is 11.3 Å². The Morgan fingerprint density at radius 1 is 1.12 bits per heavy atom. The number of nitrogens with one attached hydrogen (secondary N) is 2. The molecule has 2 aromatic rings. The fourth-order valence-electron chi connectivity index (χ4n) is 2.36. The molecule has 1 aromatic carbocycles. The molecule has 0 atom stereocenters. The van der Waals surface area contributed by atoms with Gasteiger partial charge < -0.3 is 15.7 Å². The van der Waals surface area contributed by atoms with E-state index >= 15 is 0 Å². The van der Waals surface area contributed by atoms with Crippen LogP contribution in [0.2, 0.25) is 0 Å². The molecule has 0 radical (unpaired) electrons. The van der Waals surface area contributed by atoms with Crippen LogP contribution < -0.4 is 10.6 Å². The SMILES string of the molecule is CC(C)CCNC(=O)c1sccc1-c1ccccc1CNC(=O)O. The lowest BCUT2D eigenvalue weighted by Crippen LogP contribution is -2.25. The van der Waals surface area contributed by atoms with Crippen LogP contribution >= 0.6 is 11.3 Å². The van der Waals surface area contributed by atoms with Crippen molar-refractivity contribution in [3.05, 3.63) is 46.2 Å². The van der Waals surface area contributed by atoms with Crippen molar-refractivity contribution in [1.82, 2.24) is 10.6 Å². The molecule has 1 aromatic heterocycles. The Labute approximate surface area is 145 Å². The van der Waals surface area contributed by atoms with Crippen molar-refractivity contribution in [1.29, 1.82) is 0 Å². The highest BCUT2D eigenvalue weighted by atomic mass is 32.1. The van der Waals surface area contributed by atoms with Crippen LogP contribution in [0, 0.1) is 5.92 Å². The molecular weight excluding hydrogens is 324 g/mol. The second-order valence-electron chi connectivity index (χ2n) is 5.92. The standard InChI is InChI=1S/C18H22N2O3S/c1-12(2)7-9-19-17(21)16-15(8-10-24-16)14-6-4-3-5-13(14)11-20-18(22)23/h3-6,8,10,12,20H,7,9,11H2,1-2H3,(H,19,21)(H,22,23). The van der Waals surface area contributed by atoms with Crippen LogP contribution in [0.1, 0.15) is 35.5 Å². The summed E-state index contributed by atoms with van der Waals surface area (Å²) in [7, 11) is 0. The highest BCUT2D eigenvalue weighted by molar-refractivity contribution is 7.12. The van der Waals surface area contributed by atoms with Crippen LogP contribution in [0.15, 0.2) is 35.7 Å². The lowest BCUT2D eigenvalue weighted by Gasteiger charge is -2.11. The van der Waals surface area contributed by atoms with E-state index in [1.54, 1.807) is 0 Å². The zero-order valence-electron chi connectivity index (χ0n) is 13.8. The van der Waals surface area contributed by atoms with Crippen molar-refractivity contribution in [2.45, 2.75) is 26.8 Å². The molecule has 0 saturated heterocycles. The van der Waals surface area contributed by atoms with Gasteiger partial charge in [-0.05, 0) is 34.9 Å². The van der Waals surface area contributed by atoms with Crippen molar-refractivity contribution in [2.24, 2.45) is 5.92 Å². The zero-order chi connectivity index (χ0) is 17.5. The van der Waals surface area contributed by atoms with E-state index in [0.717, 1.165) is 23.1 Å². The highest BCUT2D eigenvalue weighted by Crippen LogP contribution is 2.31. The largest absolute Gasteiger partial charge is 0.465 e. The summed E-state index contributed by atoms with van der Waals surface area (Å²) in [6.07, 6.45) is -0.132. The summed E-state index contributed by atoms with van der Waals surface area (Å²) < 4.78 is 0. The van der Waals surface area contributed by atoms with Crippen molar-refractivity contribution in [3.63, 3.8) is 0 Å². The van der Waals surface area contributed by atoms with E-state index in [9.17, 15) is 9.59 Å². The molecule has 0 aliphatic rings. The van der Waals surface area contributed by atoms with E-state index < -0.39 is 6.09 Å². The molecular formula is C18H22N2O3S. The lowest BCUT2D eigenvalue weighted by molar-refractivity contribution is 0.0956. The smallest absolute Gasteiger partial charge is 0.404 e. The molecule has 0 spiro atoms. The zero-order valence-corrected chi connectivity index (χ0v) is 14.7. The number of amides is 2. The third-order valence-electron chi connectivity index (χ3n) is 3.62. The van der Waals surface area contributed by atoms with E-state index in [0.29, 0.717) is 17.3 Å². The molecule has 6 heteroatoms. The van der Waals surface area contributed by atoms with Gasteiger partial charge in [0.25, 0.3) is 5.91 Å². The van der Waals surface area contributed by atoms with E-state index in [-0.39, 0.29) is 12.5 Å². The Balaban J connectivity index is 2.20. The van der Waals surface area contributed by atoms with Crippen LogP contribution in [-0.2, 0) is 6.54 Å². The van der Waals surface area contributed by atoms with Gasteiger partial charge in [0.1, 0.15) is 0 Å². The van der Waals surface area contributed by atoms with Gasteiger partial charge in [0.15, 0.2) is 0 Å². The molecule has 0 aliphatic carbocycles. The fourth-order valence-corrected chi connectivity index (χ4v) is 3.18. The normalized spacial score (nSPS) is 10.6. The summed E-state index contributed by atoms with van der Waals surface area (Å²) in [5, 5.41) is 16.0. The number of benzene rings is 1. The summed E-state index contributed by atoms with van der Waals surface area (Å²) in [4.78, 5) is 23.8. The van der Waals surface area contributed by atoms with Gasteiger partial charge in [-0.25, -0.2) is 4.79 Å². The second kappa shape index (κ2) is 8.49. The van der Waals surface area contributed by atoms with Crippen molar-refractivity contribution >= 4 is 23.3 Å². The Kier molecular flexibility index (Phi) is 6.37. The van der Waals surface area contributed by atoms with Crippen molar-refractivity contribution in [3.8, 4) is 11.1 Å². The van der Waals surface area contributed by atoms with Crippen molar-refractivity contribution < 1.29 is 14.7 Å². The van der Waals surface area contributed by atoms with E-state index in [2.05, 4.69) is 24.5 Å². The maximum atomic E-state index is 12.4. The average molecular weight is 346 g/mol. The Hall–Kier alpha value is -2.34. The van der Waals surface area contributed by atoms with E-state index in [1.165, 1.54) is 11.3 Å². The first kappa shape index (κ1) is 18.0. The summed E-state index contributed by atoms with van der Waals surface area (Å²) in [6.45, 7) is 5.09. The molecule has 0 aliphatic heterocycles. The number of hydrogen-bond donors (Lipinski definition) is 3. The number of carboxylic acid groups (broad SMARTS) is 1. The minimum atomic E-state index is -1.07. The second-order valence-corrected chi connectivity index (χ2v) is 6.83. The number of carbonyl (C=O) groups is 2. The third kappa shape index (κ3) is 4.83. The average Bonchev–Trinajstić information content (AvgIpc) is 3.02. The van der Waals surface area contributed by atoms with Crippen LogP contribution in [0.3, 0.4) is 0 Å². The first-order valence-electron chi connectivity index (χ1n) is 7.89. The van der Waals surface area contributed by atoms with Gasteiger partial charge in [0, 0.05) is 18.7 Å². The van der Waals surface area contributed by atoms with Gasteiger partial charge in [0.05, 0.1) is 4.88 Å². The Morgan fingerprint density at radius 3 is 2.58 bits per heavy atom. The predicted octanol–water partition coefficient (Wildman–Crippen LogP) is 3.96. The summed E-state index contributed by atoms with van der Waals surface area (Å²) in [6, 6.07) is 9.42. The molecule has 0 unspecified atom stereocenters. The Bertz CT molecular complexity index is 710. The van der Waals surface area contributed by atoms with Crippen LogP contribution in [-0.4, -0.2) is 23.7 Å². The summed E-state index contributed by atoms with van der Waals surface area (Å²) >= 11 is 1.40. The maximum absolute atomic E-state index is 12.4. The van der Waals surface area contributed by atoms with Crippen LogP contribution in [0.4, 0.5) is 4.79 Å². The molecule has 5 nitrogen and oxygen atoms in total. The minimum Gasteiger partial charge on any atom is -0.465 e. The predicted molar refractivity (Wildman–Crippen MR) is 96.4 cm³/mol. The first-order chi connectivity index (χ1) is 11.5. The topological polar surface area (TPSA) is 78.4 Å². The van der Waals surface area contributed by atoms with Gasteiger partial charge in [-0.3, -0.25) is 4.79 Å². The molecule has 128 valence electrons. The molecule has 0 saturated carbocycles. The monoisotopic (exact) mass is 346 g/mol. The quantitative estimate of drug-likeness (QED) is 0.710. The van der Waals surface area contributed by atoms with Crippen molar-refractivity contribution in [2.75, 3.05) is 6.54 Å². The number of carbonyl (C=O) groups excluding carboxylic acids is 1. The number of rotatable bonds is 7. The fraction of sp³-hybridized carbons (Fsp3) is 0.333. The molecule has 24 heavy (non-hydrogen) atoms. The molecule has 2 rings (SSSR count). The summed E-state index contributed by atoms with van der Waals surface area (Å²) in [5.74, 6) is 0.456. The number of thiophene rings is 1. The van der Waals surface area contributed by atoms with Gasteiger partial charge >= 0.3 is 6.09 Å². The first-order valence-corrected chi connectivity index (χ1v) is 8.77. The highest BCUT2D eigenvalue weighted by Gasteiger charge is 2.16. The van der Waals surface area contributed by atoms with Gasteiger partial charge in [-0.2, -0.15) is 0 Å². The maximum Gasteiger partial charge on any atom is 0.404 e. The van der Waals surface area contributed by atoms with E-state index in [4.69, 9.17) is 5.11 Å². The minimum absolute atomic E-state index is 0.0818. The van der Waals surface area contributed by atoms with E-state index in [1.807, 2.05) is 35.7 Å². The Morgan fingerprint density at radius 2 is 1.88 bits per heavy atom. The van der Waals surface area contributed by atoms with Gasteiger partial charge in [-0.1, -0.05) is 38.1 Å². The third-order valence-corrected chi connectivity index (χ3v) is 4.53. The molecule has 1 heterocycles.